The summed E-state index contributed by atoms with van der Waals surface area (Å²) in [4.78, 5) is 18.3. The van der Waals surface area contributed by atoms with E-state index in [1.807, 2.05) is 4.90 Å². The van der Waals surface area contributed by atoms with Crippen LogP contribution in [0.25, 0.3) is 0 Å². The van der Waals surface area contributed by atoms with Crippen LogP contribution in [0.5, 0.6) is 0 Å². The number of hydrogen-bond donors (Lipinski definition) is 1. The van der Waals surface area contributed by atoms with Crippen LogP contribution in [-0.2, 0) is 0 Å². The van der Waals surface area contributed by atoms with Crippen molar-refractivity contribution in [3.63, 3.8) is 0 Å². The predicted molar refractivity (Wildman–Crippen MR) is 71.9 cm³/mol. The first kappa shape index (κ1) is 12.4. The molecule has 3 rings (SSSR count). The zero-order valence-corrected chi connectivity index (χ0v) is 11.6. The highest BCUT2D eigenvalue weighted by Crippen LogP contribution is 2.46. The summed E-state index contributed by atoms with van der Waals surface area (Å²) in [5, 5.41) is 1.73. The highest BCUT2D eigenvalue weighted by Gasteiger charge is 2.47. The number of piperidine rings is 1. The first-order chi connectivity index (χ1) is 8.61. The van der Waals surface area contributed by atoms with Crippen LogP contribution in [0.15, 0.2) is 5.38 Å². The molecule has 1 amide bonds. The van der Waals surface area contributed by atoms with E-state index >= 15 is 0 Å². The third kappa shape index (κ3) is 1.94. The minimum absolute atomic E-state index is 0.00340. The van der Waals surface area contributed by atoms with Gasteiger partial charge in [-0.2, -0.15) is 0 Å². The summed E-state index contributed by atoms with van der Waals surface area (Å²) in [7, 11) is 0. The normalized spacial score (nSPS) is 26.1. The molecule has 0 radical (unpaired) electrons. The van der Waals surface area contributed by atoms with Gasteiger partial charge in [0.05, 0.1) is 0 Å². The van der Waals surface area contributed by atoms with Crippen molar-refractivity contribution in [1.82, 2.24) is 9.88 Å². The van der Waals surface area contributed by atoms with Crippen LogP contribution in [0.2, 0.25) is 4.47 Å². The molecule has 1 aromatic heterocycles. The fraction of sp³-hybridized carbons (Fsp3) is 0.667. The highest BCUT2D eigenvalue weighted by atomic mass is 35.5. The first-order valence-electron chi connectivity index (χ1n) is 6.27. The van der Waals surface area contributed by atoms with Crippen molar-refractivity contribution in [2.75, 3.05) is 13.1 Å². The number of carbonyl (C=O) groups excluding carboxylic acids is 1. The number of nitrogens with zero attached hydrogens (tertiary/aromatic N) is 2. The molecule has 1 atom stereocenters. The van der Waals surface area contributed by atoms with E-state index in [1.54, 1.807) is 5.38 Å². The minimum Gasteiger partial charge on any atom is -0.337 e. The van der Waals surface area contributed by atoms with Gasteiger partial charge in [0, 0.05) is 29.9 Å². The Morgan fingerprint density at radius 3 is 2.94 bits per heavy atom. The second-order valence-electron chi connectivity index (χ2n) is 5.32. The first-order valence-corrected chi connectivity index (χ1v) is 7.52. The quantitative estimate of drug-likeness (QED) is 0.860. The SMILES string of the molecule is NC1CCN(C(=O)c2csc(Cl)n2)CC12CCC2. The van der Waals surface area contributed by atoms with Crippen molar-refractivity contribution in [1.29, 1.82) is 0 Å². The average molecular weight is 286 g/mol. The van der Waals surface area contributed by atoms with Gasteiger partial charge in [-0.1, -0.05) is 18.0 Å². The molecule has 2 N–H and O–H groups in total. The number of likely N-dealkylation sites (tertiary alicyclic amines) is 1. The van der Waals surface area contributed by atoms with Crippen molar-refractivity contribution in [3.05, 3.63) is 15.5 Å². The molecule has 1 aromatic rings. The number of thiazole rings is 1. The lowest BCUT2D eigenvalue weighted by Crippen LogP contribution is -2.59. The van der Waals surface area contributed by atoms with E-state index in [0.717, 1.165) is 32.4 Å². The van der Waals surface area contributed by atoms with Gasteiger partial charge in [-0.25, -0.2) is 4.98 Å². The van der Waals surface area contributed by atoms with Crippen LogP contribution < -0.4 is 5.73 Å². The third-order valence-corrected chi connectivity index (χ3v) is 5.31. The van der Waals surface area contributed by atoms with Crippen LogP contribution in [0.4, 0.5) is 0 Å². The zero-order chi connectivity index (χ0) is 12.8. The van der Waals surface area contributed by atoms with Crippen LogP contribution in [0.3, 0.4) is 0 Å². The molecule has 2 aliphatic rings. The fourth-order valence-corrected chi connectivity index (χ4v) is 3.76. The maximum Gasteiger partial charge on any atom is 0.273 e. The van der Waals surface area contributed by atoms with Gasteiger partial charge in [0.15, 0.2) is 4.47 Å². The molecule has 1 spiro atoms. The second-order valence-corrected chi connectivity index (χ2v) is 6.76. The summed E-state index contributed by atoms with van der Waals surface area (Å²) in [5.74, 6) is -0.00340. The number of nitrogens with two attached hydrogens (primary N) is 1. The molecule has 0 bridgehead atoms. The molecular weight excluding hydrogens is 270 g/mol. The Balaban J connectivity index is 1.75. The minimum atomic E-state index is -0.00340. The monoisotopic (exact) mass is 285 g/mol. The molecule has 0 aromatic carbocycles. The Morgan fingerprint density at radius 2 is 2.39 bits per heavy atom. The highest BCUT2D eigenvalue weighted by molar-refractivity contribution is 7.14. The Kier molecular flexibility index (Phi) is 3.08. The zero-order valence-electron chi connectivity index (χ0n) is 10.1. The van der Waals surface area contributed by atoms with Crippen molar-refractivity contribution in [2.24, 2.45) is 11.1 Å². The van der Waals surface area contributed by atoms with E-state index in [9.17, 15) is 4.79 Å². The summed E-state index contributed by atoms with van der Waals surface area (Å²) in [5.41, 5.74) is 6.85. The van der Waals surface area contributed by atoms with Gasteiger partial charge in [0.1, 0.15) is 5.69 Å². The molecule has 98 valence electrons. The van der Waals surface area contributed by atoms with Crippen LogP contribution in [0.1, 0.15) is 36.2 Å². The Bertz CT molecular complexity index is 472. The van der Waals surface area contributed by atoms with Gasteiger partial charge in [0.2, 0.25) is 0 Å². The van der Waals surface area contributed by atoms with Gasteiger partial charge in [-0.15, -0.1) is 11.3 Å². The number of halogens is 1. The van der Waals surface area contributed by atoms with E-state index in [-0.39, 0.29) is 17.4 Å². The van der Waals surface area contributed by atoms with E-state index < -0.39 is 0 Å². The molecule has 1 aliphatic carbocycles. The molecule has 2 heterocycles. The maximum atomic E-state index is 12.3. The molecule has 1 saturated heterocycles. The van der Waals surface area contributed by atoms with Crippen molar-refractivity contribution >= 4 is 28.8 Å². The van der Waals surface area contributed by atoms with Crippen LogP contribution >= 0.6 is 22.9 Å². The Morgan fingerprint density at radius 1 is 1.61 bits per heavy atom. The topological polar surface area (TPSA) is 59.2 Å². The fourth-order valence-electron chi connectivity index (χ4n) is 3.02. The number of aromatic nitrogens is 1. The summed E-state index contributed by atoms with van der Waals surface area (Å²) < 4.78 is 0.422. The molecule has 4 nitrogen and oxygen atoms in total. The second kappa shape index (κ2) is 4.47. The van der Waals surface area contributed by atoms with E-state index in [0.29, 0.717) is 10.2 Å². The van der Waals surface area contributed by atoms with Gasteiger partial charge < -0.3 is 10.6 Å². The smallest absolute Gasteiger partial charge is 0.273 e. The maximum absolute atomic E-state index is 12.3. The van der Waals surface area contributed by atoms with Crippen molar-refractivity contribution in [2.45, 2.75) is 31.7 Å². The molecular formula is C12H16ClN3OS. The third-order valence-electron chi connectivity index (χ3n) is 4.33. The summed E-state index contributed by atoms with van der Waals surface area (Å²) in [6.45, 7) is 1.51. The van der Waals surface area contributed by atoms with Crippen molar-refractivity contribution in [3.8, 4) is 0 Å². The number of hydrogen-bond acceptors (Lipinski definition) is 4. The lowest BCUT2D eigenvalue weighted by Gasteiger charge is -2.52. The molecule has 2 fully saturated rings. The lowest BCUT2D eigenvalue weighted by molar-refractivity contribution is 0.00359. The summed E-state index contributed by atoms with van der Waals surface area (Å²) in [6.07, 6.45) is 4.42. The van der Waals surface area contributed by atoms with E-state index in [4.69, 9.17) is 17.3 Å². The van der Waals surface area contributed by atoms with Gasteiger partial charge in [-0.3, -0.25) is 4.79 Å². The average Bonchev–Trinajstić information content (AvgIpc) is 2.73. The van der Waals surface area contributed by atoms with Crippen molar-refractivity contribution < 1.29 is 4.79 Å². The summed E-state index contributed by atoms with van der Waals surface area (Å²) in [6, 6.07) is 0.245. The Labute approximate surface area is 115 Å². The van der Waals surface area contributed by atoms with E-state index in [1.165, 1.54) is 17.8 Å². The van der Waals surface area contributed by atoms with Gasteiger partial charge in [-0.05, 0) is 19.3 Å². The van der Waals surface area contributed by atoms with Gasteiger partial charge in [0.25, 0.3) is 5.91 Å². The predicted octanol–water partition coefficient (Wildman–Crippen LogP) is 2.14. The molecule has 1 aliphatic heterocycles. The van der Waals surface area contributed by atoms with Crippen LogP contribution in [0, 0.1) is 5.41 Å². The van der Waals surface area contributed by atoms with Gasteiger partial charge >= 0.3 is 0 Å². The van der Waals surface area contributed by atoms with Crippen LogP contribution in [-0.4, -0.2) is 34.9 Å². The molecule has 18 heavy (non-hydrogen) atoms. The summed E-state index contributed by atoms with van der Waals surface area (Å²) >= 11 is 7.08. The number of rotatable bonds is 1. The number of carbonyl (C=O) groups is 1. The van der Waals surface area contributed by atoms with E-state index in [2.05, 4.69) is 4.98 Å². The molecule has 1 saturated carbocycles. The molecule has 1 unspecified atom stereocenters. The largest absolute Gasteiger partial charge is 0.337 e. The standard InChI is InChI=1S/C12H16ClN3OS/c13-11-15-8(6-18-11)10(17)16-5-2-9(14)12(7-16)3-1-4-12/h6,9H,1-5,7,14H2. The Hall–Kier alpha value is -0.650. The molecule has 6 heteroatoms. The lowest BCUT2D eigenvalue weighted by atomic mass is 9.61. The number of amides is 1.